The first-order valence-electron chi connectivity index (χ1n) is 22.6. The predicted molar refractivity (Wildman–Crippen MR) is 229 cm³/mol. The molecule has 5 N–H and O–H groups in total. The lowest BCUT2D eigenvalue weighted by Crippen LogP contribution is -2.61. The minimum Gasteiger partial charge on any atom is -0.460 e. The SMILES string of the molecule is C/C1=C\[C@@H](C)C(=O)C[C@@H]([C@H](C)C[C@H]2CC[C@H](O)[C@@H](O)C2)OC(=O)[C@@H]2CCCCN2C(=O)C(=O)[C@]2(O)O[C@@H](CC[C@H]2C)C[C@H](O)/C(C)=C/C=C/C=C\[C@@H](C)C[C@@H](C)C(=O)C[C@@H]1O. The second-order valence-electron chi connectivity index (χ2n) is 18.9. The van der Waals surface area contributed by atoms with Gasteiger partial charge in [-0.2, -0.15) is 0 Å². The molecule has 0 aromatic heterocycles. The zero-order valence-electron chi connectivity index (χ0n) is 37.4. The van der Waals surface area contributed by atoms with Crippen molar-refractivity contribution in [3.05, 3.63) is 47.6 Å². The van der Waals surface area contributed by atoms with Crippen molar-refractivity contribution in [2.75, 3.05) is 6.54 Å². The Bertz CT molecular complexity index is 1670. The molecule has 0 aromatic rings. The van der Waals surface area contributed by atoms with E-state index in [0.717, 1.165) is 4.90 Å². The first-order valence-corrected chi connectivity index (χ1v) is 22.6. The van der Waals surface area contributed by atoms with Crippen LogP contribution in [0.15, 0.2) is 47.6 Å². The molecule has 0 unspecified atom stereocenters. The number of aliphatic hydroxyl groups is 5. The molecule has 342 valence electrons. The fourth-order valence-electron chi connectivity index (χ4n) is 9.28. The van der Waals surface area contributed by atoms with Gasteiger partial charge in [0, 0.05) is 43.6 Å². The van der Waals surface area contributed by atoms with E-state index < -0.39 is 77.9 Å². The molecule has 13 heteroatoms. The van der Waals surface area contributed by atoms with Crippen LogP contribution < -0.4 is 0 Å². The number of fused-ring (bicyclic) bond motifs is 3. The lowest BCUT2D eigenvalue weighted by Gasteiger charge is -2.42. The number of Topliss-reactive ketones (excluding diaryl/α,β-unsaturated/α-hetero) is 3. The lowest BCUT2D eigenvalue weighted by atomic mass is 9.78. The summed E-state index contributed by atoms with van der Waals surface area (Å²) in [6.07, 6.45) is 9.72. The topological polar surface area (TPSA) is 208 Å². The van der Waals surface area contributed by atoms with Crippen molar-refractivity contribution >= 4 is 29.2 Å². The summed E-state index contributed by atoms with van der Waals surface area (Å²) in [6, 6.07) is -1.16. The van der Waals surface area contributed by atoms with Crippen molar-refractivity contribution in [1.82, 2.24) is 4.90 Å². The summed E-state index contributed by atoms with van der Waals surface area (Å²) in [7, 11) is 0. The van der Waals surface area contributed by atoms with Crippen LogP contribution >= 0.6 is 0 Å². The van der Waals surface area contributed by atoms with Crippen LogP contribution in [0.3, 0.4) is 0 Å². The normalized spacial score (nSPS) is 41.0. The number of carbonyl (C=O) groups excluding carboxylic acids is 5. The number of carbonyl (C=O) groups is 5. The van der Waals surface area contributed by atoms with Crippen LogP contribution in [0.25, 0.3) is 0 Å². The smallest absolute Gasteiger partial charge is 0.329 e. The largest absolute Gasteiger partial charge is 0.460 e. The molecule has 2 saturated heterocycles. The highest BCUT2D eigenvalue weighted by molar-refractivity contribution is 6.39. The van der Waals surface area contributed by atoms with Crippen LogP contribution in [-0.4, -0.2) is 115 Å². The van der Waals surface area contributed by atoms with Gasteiger partial charge < -0.3 is 39.9 Å². The van der Waals surface area contributed by atoms with Crippen LogP contribution in [0, 0.1) is 35.5 Å². The fourth-order valence-corrected chi connectivity index (χ4v) is 9.28. The van der Waals surface area contributed by atoms with E-state index in [0.29, 0.717) is 68.9 Å². The molecule has 1 amide bonds. The molecule has 14 atom stereocenters. The Hall–Kier alpha value is -3.33. The van der Waals surface area contributed by atoms with Gasteiger partial charge in [0.05, 0.1) is 30.5 Å². The van der Waals surface area contributed by atoms with Gasteiger partial charge in [-0.15, -0.1) is 0 Å². The first kappa shape index (κ1) is 50.3. The number of ether oxygens (including phenoxy) is 2. The number of esters is 1. The number of piperidine rings is 1. The van der Waals surface area contributed by atoms with E-state index in [2.05, 4.69) is 0 Å². The summed E-state index contributed by atoms with van der Waals surface area (Å²) in [5, 5.41) is 54.4. The number of amides is 1. The molecule has 1 aliphatic carbocycles. The van der Waals surface area contributed by atoms with E-state index in [1.54, 1.807) is 45.9 Å². The van der Waals surface area contributed by atoms with E-state index in [-0.39, 0.29) is 67.5 Å². The number of nitrogens with zero attached hydrogens (tertiary/aromatic N) is 1. The maximum absolute atomic E-state index is 14.2. The third-order valence-electron chi connectivity index (χ3n) is 13.6. The maximum Gasteiger partial charge on any atom is 0.329 e. The molecule has 3 fully saturated rings. The minimum atomic E-state index is -2.48. The lowest BCUT2D eigenvalue weighted by molar-refractivity contribution is -0.265. The summed E-state index contributed by atoms with van der Waals surface area (Å²) >= 11 is 0. The second-order valence-corrected chi connectivity index (χ2v) is 18.9. The third kappa shape index (κ3) is 13.8. The zero-order chi connectivity index (χ0) is 45.2. The fraction of sp³-hybridized carbons (Fsp3) is 0.729. The summed E-state index contributed by atoms with van der Waals surface area (Å²) in [6.45, 7) is 12.5. The van der Waals surface area contributed by atoms with E-state index >= 15 is 0 Å². The highest BCUT2D eigenvalue weighted by atomic mass is 16.6. The average Bonchev–Trinajstić information content (AvgIpc) is 3.21. The molecule has 4 rings (SSSR count). The van der Waals surface area contributed by atoms with Gasteiger partial charge in [0.1, 0.15) is 23.7 Å². The van der Waals surface area contributed by atoms with E-state index in [1.165, 1.54) is 0 Å². The number of rotatable bonds is 3. The summed E-state index contributed by atoms with van der Waals surface area (Å²) in [5.41, 5.74) is 1.10. The van der Waals surface area contributed by atoms with Gasteiger partial charge in [0.2, 0.25) is 5.79 Å². The second kappa shape index (κ2) is 22.9. The molecule has 2 bridgehead atoms. The van der Waals surface area contributed by atoms with Crippen LogP contribution in [0.4, 0.5) is 0 Å². The number of hydrogen-bond donors (Lipinski definition) is 5. The van der Waals surface area contributed by atoms with Gasteiger partial charge in [0.15, 0.2) is 0 Å². The summed E-state index contributed by atoms with van der Waals surface area (Å²) in [5.74, 6) is -7.98. The first-order chi connectivity index (χ1) is 28.7. The molecule has 3 heterocycles. The Balaban J connectivity index is 1.65. The highest BCUT2D eigenvalue weighted by Crippen LogP contribution is 2.37. The third-order valence-corrected chi connectivity index (χ3v) is 13.6. The van der Waals surface area contributed by atoms with Crippen LogP contribution in [0.1, 0.15) is 132 Å². The number of ketones is 3. The van der Waals surface area contributed by atoms with E-state index in [1.807, 2.05) is 39.0 Å². The van der Waals surface area contributed by atoms with Gasteiger partial charge in [-0.1, -0.05) is 71.1 Å². The Labute approximate surface area is 362 Å². The summed E-state index contributed by atoms with van der Waals surface area (Å²) in [4.78, 5) is 70.5. The molecule has 0 radical (unpaired) electrons. The van der Waals surface area contributed by atoms with Crippen LogP contribution in [0.2, 0.25) is 0 Å². The molecule has 0 spiro atoms. The van der Waals surface area contributed by atoms with Crippen molar-refractivity contribution in [2.24, 2.45) is 35.5 Å². The minimum absolute atomic E-state index is 0.00391. The van der Waals surface area contributed by atoms with Crippen molar-refractivity contribution in [3.8, 4) is 0 Å². The molecular weight excluding hydrogens is 783 g/mol. The number of cyclic esters (lactones) is 1. The van der Waals surface area contributed by atoms with Crippen molar-refractivity contribution in [2.45, 2.75) is 180 Å². The van der Waals surface area contributed by atoms with Crippen molar-refractivity contribution in [3.63, 3.8) is 0 Å². The van der Waals surface area contributed by atoms with Crippen molar-refractivity contribution in [1.29, 1.82) is 0 Å². The van der Waals surface area contributed by atoms with E-state index in [9.17, 15) is 49.5 Å². The van der Waals surface area contributed by atoms with Gasteiger partial charge in [0.25, 0.3) is 11.7 Å². The molecule has 0 aromatic carbocycles. The van der Waals surface area contributed by atoms with Gasteiger partial charge >= 0.3 is 5.97 Å². The van der Waals surface area contributed by atoms with Crippen LogP contribution in [-0.2, 0) is 33.4 Å². The molecule has 61 heavy (non-hydrogen) atoms. The van der Waals surface area contributed by atoms with Crippen LogP contribution in [0.5, 0.6) is 0 Å². The van der Waals surface area contributed by atoms with Gasteiger partial charge in [-0.3, -0.25) is 19.2 Å². The molecule has 3 aliphatic heterocycles. The number of aliphatic hydroxyl groups excluding tert-OH is 4. The quantitative estimate of drug-likeness (QED) is 0.140. The Morgan fingerprint density at radius 2 is 1.51 bits per heavy atom. The maximum atomic E-state index is 14.2. The average molecular weight is 856 g/mol. The van der Waals surface area contributed by atoms with E-state index in [4.69, 9.17) is 9.47 Å². The molecule has 13 nitrogen and oxygen atoms in total. The zero-order valence-corrected chi connectivity index (χ0v) is 37.4. The summed E-state index contributed by atoms with van der Waals surface area (Å²) < 4.78 is 12.2. The molecule has 4 aliphatic rings. The molecule has 1 saturated carbocycles. The Morgan fingerprint density at radius 3 is 2.21 bits per heavy atom. The number of allylic oxidation sites excluding steroid dienone is 6. The van der Waals surface area contributed by atoms with Gasteiger partial charge in [-0.05, 0) is 107 Å². The standard InChI is InChI=1S/C48H73NO12/c1-28-13-9-8-10-14-29(2)39(51)25-36-18-16-34(7)48(59,61-36)45(56)46(57)49-20-12-11-15-37(49)47(58)60-44(33(6)23-35-17-19-38(50)43(55)24-35)27-42(54)32(5)22-31(4)41(53)26-40(52)30(3)21-28/h8-10,13-14,22,28,30,32-39,41,43-44,50-51,53,55,59H,11-12,15-21,23-27H2,1-7H3/b10-8+,13-9-,29-14+,31-22+/t28-,30-,32-,33-,34-,35-,36+,37+,38+,39+,41+,43+,44+,48-/m1/s1. The Morgan fingerprint density at radius 1 is 0.787 bits per heavy atom. The van der Waals surface area contributed by atoms with Crippen molar-refractivity contribution < 1.29 is 59.0 Å². The number of hydrogen-bond acceptors (Lipinski definition) is 12. The predicted octanol–water partition coefficient (Wildman–Crippen LogP) is 5.25. The monoisotopic (exact) mass is 856 g/mol. The Kier molecular flexibility index (Phi) is 18.8. The van der Waals surface area contributed by atoms with Gasteiger partial charge in [-0.25, -0.2) is 4.79 Å². The molecular formula is C48H73NO12. The highest BCUT2D eigenvalue weighted by Gasteiger charge is 2.53.